The topological polar surface area (TPSA) is 99.0 Å². The number of halogens is 1. The lowest BCUT2D eigenvalue weighted by Crippen LogP contribution is -2.16. The quantitative estimate of drug-likeness (QED) is 0.252. The van der Waals surface area contributed by atoms with Gasteiger partial charge in [-0.3, -0.25) is 4.72 Å². The monoisotopic (exact) mass is 575 g/mol. The molecule has 10 heteroatoms. The van der Waals surface area contributed by atoms with Crippen LogP contribution >= 0.6 is 15.9 Å². The van der Waals surface area contributed by atoms with Crippen LogP contribution < -0.4 is 9.46 Å². The summed E-state index contributed by atoms with van der Waals surface area (Å²) in [5.41, 5.74) is 4.06. The van der Waals surface area contributed by atoms with Gasteiger partial charge in [0, 0.05) is 5.56 Å². The van der Waals surface area contributed by atoms with Crippen LogP contribution in [0.5, 0.6) is 5.88 Å². The normalized spacial score (nSPS) is 11.3. The minimum atomic E-state index is -4.06. The van der Waals surface area contributed by atoms with Gasteiger partial charge in [-0.1, -0.05) is 78.9 Å². The molecule has 2 heterocycles. The average Bonchev–Trinajstić information content (AvgIpc) is 3.32. The van der Waals surface area contributed by atoms with Gasteiger partial charge in [-0.2, -0.15) is 5.10 Å². The molecule has 1 N–H and O–H groups in total. The van der Waals surface area contributed by atoms with Gasteiger partial charge in [0.25, 0.3) is 15.9 Å². The maximum Gasteiger partial charge on any atom is 0.266 e. The number of hydrogen-bond donors (Lipinski definition) is 1. The molecule has 8 nitrogen and oxygen atoms in total. The van der Waals surface area contributed by atoms with E-state index in [1.807, 2.05) is 84.9 Å². The smallest absolute Gasteiger partial charge is 0.266 e. The molecule has 0 aliphatic rings. The molecule has 0 bridgehead atoms. The molecule has 3 aromatic carbocycles. The Morgan fingerprint density at radius 1 is 0.919 bits per heavy atom. The van der Waals surface area contributed by atoms with E-state index in [0.29, 0.717) is 10.3 Å². The third-order valence-corrected chi connectivity index (χ3v) is 7.46. The second-order valence-corrected chi connectivity index (χ2v) is 10.6. The van der Waals surface area contributed by atoms with Crippen molar-refractivity contribution in [3.05, 3.63) is 113 Å². The number of rotatable bonds is 8. The number of para-hydroxylation sites is 1. The Bertz CT molecular complexity index is 1640. The second kappa shape index (κ2) is 10.5. The largest absolute Gasteiger partial charge is 0.470 e. The van der Waals surface area contributed by atoms with Gasteiger partial charge >= 0.3 is 0 Å². The van der Waals surface area contributed by atoms with E-state index in [4.69, 9.17) is 4.74 Å². The van der Waals surface area contributed by atoms with Crippen LogP contribution in [0, 0.1) is 6.92 Å². The highest BCUT2D eigenvalue weighted by molar-refractivity contribution is 9.10. The molecule has 2 aromatic heterocycles. The van der Waals surface area contributed by atoms with Crippen molar-refractivity contribution in [3.63, 3.8) is 0 Å². The number of sulfonamides is 1. The maximum absolute atomic E-state index is 13.4. The van der Waals surface area contributed by atoms with Crippen molar-refractivity contribution in [1.82, 2.24) is 19.7 Å². The summed E-state index contributed by atoms with van der Waals surface area (Å²) in [5.74, 6) is 0.0391. The van der Waals surface area contributed by atoms with E-state index in [-0.39, 0.29) is 23.2 Å². The highest BCUT2D eigenvalue weighted by Crippen LogP contribution is 2.30. The van der Waals surface area contributed by atoms with Crippen LogP contribution in [-0.4, -0.2) is 28.2 Å². The molecular formula is C27H22BrN5O3S. The van der Waals surface area contributed by atoms with Crippen molar-refractivity contribution in [2.45, 2.75) is 18.4 Å². The molecule has 37 heavy (non-hydrogen) atoms. The van der Waals surface area contributed by atoms with Gasteiger partial charge in [-0.15, -0.1) is 0 Å². The Labute approximate surface area is 223 Å². The van der Waals surface area contributed by atoms with E-state index in [1.54, 1.807) is 11.6 Å². The van der Waals surface area contributed by atoms with Crippen molar-refractivity contribution >= 4 is 31.8 Å². The molecule has 0 radical (unpaired) electrons. The molecule has 0 saturated carbocycles. The Hall–Kier alpha value is -4.02. The summed E-state index contributed by atoms with van der Waals surface area (Å²) in [6.45, 7) is 1.91. The summed E-state index contributed by atoms with van der Waals surface area (Å²) < 4.78 is 37.2. The number of anilines is 1. The predicted octanol–water partition coefficient (Wildman–Crippen LogP) is 5.78. The van der Waals surface area contributed by atoms with E-state index in [1.165, 1.54) is 12.4 Å². The molecule has 186 valence electrons. The number of aromatic nitrogens is 4. The fourth-order valence-electron chi connectivity index (χ4n) is 3.85. The summed E-state index contributed by atoms with van der Waals surface area (Å²) in [4.78, 5) is 8.49. The SMILES string of the molecule is Cc1c(S(=O)(=O)Nc2ncc(Br)nc2OCc2ccccc2)cnn1-c1ccccc1-c1ccccc1. The Balaban J connectivity index is 1.45. The lowest BCUT2D eigenvalue weighted by Gasteiger charge is -2.13. The summed E-state index contributed by atoms with van der Waals surface area (Å²) in [6, 6.07) is 27.1. The standard InChI is InChI=1S/C27H22BrN5O3S/c1-19-24(16-30-33(19)23-15-9-8-14-22(23)21-12-6-3-7-13-21)37(34,35)32-26-27(31-25(28)17-29-26)36-18-20-10-4-2-5-11-20/h2-17H,18H2,1H3,(H,29,32). The molecule has 0 amide bonds. The fourth-order valence-corrected chi connectivity index (χ4v) is 5.28. The lowest BCUT2D eigenvalue weighted by atomic mass is 10.0. The first-order valence-corrected chi connectivity index (χ1v) is 13.6. The van der Waals surface area contributed by atoms with Gasteiger partial charge in [0.1, 0.15) is 16.1 Å². The molecule has 5 aromatic rings. The number of benzene rings is 3. The van der Waals surface area contributed by atoms with E-state index < -0.39 is 10.0 Å². The minimum Gasteiger partial charge on any atom is -0.470 e. The predicted molar refractivity (Wildman–Crippen MR) is 145 cm³/mol. The van der Waals surface area contributed by atoms with Gasteiger partial charge in [-0.25, -0.2) is 23.1 Å². The van der Waals surface area contributed by atoms with Gasteiger partial charge in [0.2, 0.25) is 5.82 Å². The zero-order chi connectivity index (χ0) is 25.8. The highest BCUT2D eigenvalue weighted by atomic mass is 79.9. The summed E-state index contributed by atoms with van der Waals surface area (Å²) in [7, 11) is -4.06. The molecule has 0 saturated heterocycles. The van der Waals surface area contributed by atoms with Crippen molar-refractivity contribution in [2.75, 3.05) is 4.72 Å². The third kappa shape index (κ3) is 5.40. The van der Waals surface area contributed by atoms with E-state index in [9.17, 15) is 8.42 Å². The average molecular weight is 576 g/mol. The van der Waals surface area contributed by atoms with E-state index in [2.05, 4.69) is 35.7 Å². The van der Waals surface area contributed by atoms with Crippen molar-refractivity contribution < 1.29 is 13.2 Å². The Morgan fingerprint density at radius 3 is 2.35 bits per heavy atom. The summed E-state index contributed by atoms with van der Waals surface area (Å²) >= 11 is 3.27. The molecule has 0 aliphatic carbocycles. The highest BCUT2D eigenvalue weighted by Gasteiger charge is 2.25. The van der Waals surface area contributed by atoms with Crippen molar-refractivity contribution in [1.29, 1.82) is 0 Å². The van der Waals surface area contributed by atoms with Gasteiger partial charge in [0.05, 0.1) is 23.8 Å². The first kappa shape index (κ1) is 24.7. The molecule has 0 fully saturated rings. The summed E-state index contributed by atoms with van der Waals surface area (Å²) in [5, 5.41) is 4.42. The molecule has 0 atom stereocenters. The van der Waals surface area contributed by atoms with Crippen LogP contribution in [0.1, 0.15) is 11.3 Å². The van der Waals surface area contributed by atoms with Crippen LogP contribution in [0.2, 0.25) is 0 Å². The molecular weight excluding hydrogens is 554 g/mol. The second-order valence-electron chi connectivity index (χ2n) is 8.12. The van der Waals surface area contributed by atoms with Crippen molar-refractivity contribution in [3.8, 4) is 22.7 Å². The zero-order valence-electron chi connectivity index (χ0n) is 19.7. The van der Waals surface area contributed by atoms with Crippen molar-refractivity contribution in [2.24, 2.45) is 0 Å². The number of ether oxygens (including phenoxy) is 1. The van der Waals surface area contributed by atoms with Crippen LogP contribution in [-0.2, 0) is 16.6 Å². The van der Waals surface area contributed by atoms with Crippen LogP contribution in [0.25, 0.3) is 16.8 Å². The Kier molecular flexibility index (Phi) is 7.02. The maximum atomic E-state index is 13.4. The van der Waals surface area contributed by atoms with Gasteiger partial charge in [0.15, 0.2) is 0 Å². The number of nitrogens with one attached hydrogen (secondary N) is 1. The minimum absolute atomic E-state index is 0.0176. The molecule has 5 rings (SSSR count). The molecule has 0 unspecified atom stereocenters. The van der Waals surface area contributed by atoms with Gasteiger partial charge in [-0.05, 0) is 40.0 Å². The number of nitrogens with zero attached hydrogens (tertiary/aromatic N) is 4. The first-order valence-electron chi connectivity index (χ1n) is 11.3. The van der Waals surface area contributed by atoms with E-state index in [0.717, 1.165) is 22.4 Å². The lowest BCUT2D eigenvalue weighted by molar-refractivity contribution is 0.294. The van der Waals surface area contributed by atoms with Gasteiger partial charge < -0.3 is 4.74 Å². The number of hydrogen-bond acceptors (Lipinski definition) is 6. The first-order chi connectivity index (χ1) is 17.9. The fraction of sp³-hybridized carbons (Fsp3) is 0.0741. The molecule has 0 spiro atoms. The zero-order valence-corrected chi connectivity index (χ0v) is 22.1. The summed E-state index contributed by atoms with van der Waals surface area (Å²) in [6.07, 6.45) is 2.73. The van der Waals surface area contributed by atoms with Crippen LogP contribution in [0.3, 0.4) is 0 Å². The Morgan fingerprint density at radius 2 is 1.59 bits per heavy atom. The van der Waals surface area contributed by atoms with E-state index >= 15 is 0 Å². The van der Waals surface area contributed by atoms with Crippen LogP contribution in [0.15, 0.2) is 107 Å². The third-order valence-electron chi connectivity index (χ3n) is 5.63. The van der Waals surface area contributed by atoms with Crippen LogP contribution in [0.4, 0.5) is 5.82 Å². The molecule has 0 aliphatic heterocycles.